The van der Waals surface area contributed by atoms with E-state index in [9.17, 15) is 4.79 Å². The summed E-state index contributed by atoms with van der Waals surface area (Å²) in [6, 6.07) is 0. The summed E-state index contributed by atoms with van der Waals surface area (Å²) in [7, 11) is 0. The van der Waals surface area contributed by atoms with Gasteiger partial charge in [-0.25, -0.2) is 0 Å². The van der Waals surface area contributed by atoms with Crippen molar-refractivity contribution in [2.24, 2.45) is 5.73 Å². The van der Waals surface area contributed by atoms with Crippen LogP contribution in [0.5, 0.6) is 0 Å². The standard InChI is InChI=1S/C15H28N2O3.ClH/c16-15(7-2-1-3-8-15)14(18)17-9-4-10-20-13-5-11-19-12-6-13;/h13H,1-12,16H2,(H,17,18);1H. The van der Waals surface area contributed by atoms with Crippen molar-refractivity contribution in [3.05, 3.63) is 0 Å². The van der Waals surface area contributed by atoms with Gasteiger partial charge in [-0.3, -0.25) is 4.79 Å². The maximum absolute atomic E-state index is 12.1. The Morgan fingerprint density at radius 2 is 1.90 bits per heavy atom. The Bertz CT molecular complexity index is 303. The van der Waals surface area contributed by atoms with Crippen LogP contribution < -0.4 is 11.1 Å². The monoisotopic (exact) mass is 320 g/mol. The Labute approximate surface area is 133 Å². The fourth-order valence-corrected chi connectivity index (χ4v) is 2.95. The topological polar surface area (TPSA) is 73.6 Å². The third kappa shape index (κ3) is 6.10. The fraction of sp³-hybridized carbons (Fsp3) is 0.933. The summed E-state index contributed by atoms with van der Waals surface area (Å²) in [5.74, 6) is 0.0169. The smallest absolute Gasteiger partial charge is 0.240 e. The first kappa shape index (κ1) is 18.7. The fourth-order valence-electron chi connectivity index (χ4n) is 2.95. The molecule has 0 atom stereocenters. The first-order valence-electron chi connectivity index (χ1n) is 7.97. The van der Waals surface area contributed by atoms with Gasteiger partial charge in [-0.05, 0) is 32.1 Å². The number of hydrogen-bond acceptors (Lipinski definition) is 4. The SMILES string of the molecule is Cl.NC1(C(=O)NCCCOC2CCOCC2)CCCCC1. The van der Waals surface area contributed by atoms with Gasteiger partial charge in [0.2, 0.25) is 5.91 Å². The van der Waals surface area contributed by atoms with Crippen LogP contribution in [-0.2, 0) is 14.3 Å². The van der Waals surface area contributed by atoms with Gasteiger partial charge in [0, 0.05) is 26.4 Å². The van der Waals surface area contributed by atoms with E-state index < -0.39 is 5.54 Å². The molecular formula is C15H29ClN2O3. The number of amides is 1. The molecule has 3 N–H and O–H groups in total. The molecule has 21 heavy (non-hydrogen) atoms. The Balaban J connectivity index is 0.00000220. The van der Waals surface area contributed by atoms with E-state index in [-0.39, 0.29) is 18.3 Å². The largest absolute Gasteiger partial charge is 0.381 e. The van der Waals surface area contributed by atoms with Crippen LogP contribution in [0.1, 0.15) is 51.4 Å². The van der Waals surface area contributed by atoms with Crippen molar-refractivity contribution in [3.8, 4) is 0 Å². The van der Waals surface area contributed by atoms with Crippen molar-refractivity contribution in [1.29, 1.82) is 0 Å². The number of carbonyl (C=O) groups excluding carboxylic acids is 1. The zero-order valence-electron chi connectivity index (χ0n) is 12.8. The van der Waals surface area contributed by atoms with Crippen LogP contribution in [0, 0.1) is 0 Å². The summed E-state index contributed by atoms with van der Waals surface area (Å²) in [5.41, 5.74) is 5.55. The number of rotatable bonds is 6. The predicted molar refractivity (Wildman–Crippen MR) is 84.7 cm³/mol. The molecule has 2 fully saturated rings. The zero-order valence-corrected chi connectivity index (χ0v) is 13.6. The maximum Gasteiger partial charge on any atom is 0.240 e. The van der Waals surface area contributed by atoms with E-state index in [1.54, 1.807) is 0 Å². The maximum atomic E-state index is 12.1. The first-order chi connectivity index (χ1) is 9.71. The summed E-state index contributed by atoms with van der Waals surface area (Å²) in [5, 5.41) is 2.96. The van der Waals surface area contributed by atoms with Gasteiger partial charge in [0.1, 0.15) is 0 Å². The molecule has 1 aliphatic heterocycles. The molecule has 0 aromatic rings. The van der Waals surface area contributed by atoms with Crippen molar-refractivity contribution in [1.82, 2.24) is 5.32 Å². The van der Waals surface area contributed by atoms with E-state index in [1.807, 2.05) is 0 Å². The molecule has 1 heterocycles. The molecule has 0 radical (unpaired) electrons. The lowest BCUT2D eigenvalue weighted by Gasteiger charge is -2.31. The Morgan fingerprint density at radius 1 is 1.24 bits per heavy atom. The minimum absolute atomic E-state index is 0. The van der Waals surface area contributed by atoms with E-state index >= 15 is 0 Å². The molecule has 2 aliphatic rings. The molecule has 124 valence electrons. The van der Waals surface area contributed by atoms with Crippen LogP contribution >= 0.6 is 12.4 Å². The van der Waals surface area contributed by atoms with E-state index in [2.05, 4.69) is 5.32 Å². The van der Waals surface area contributed by atoms with Crippen LogP contribution in [0.2, 0.25) is 0 Å². The highest BCUT2D eigenvalue weighted by atomic mass is 35.5. The van der Waals surface area contributed by atoms with Crippen LogP contribution in [0.15, 0.2) is 0 Å². The number of nitrogens with two attached hydrogens (primary N) is 1. The number of hydrogen-bond donors (Lipinski definition) is 2. The average molecular weight is 321 g/mol. The van der Waals surface area contributed by atoms with Gasteiger partial charge in [0.15, 0.2) is 0 Å². The van der Waals surface area contributed by atoms with Crippen molar-refractivity contribution in [2.75, 3.05) is 26.4 Å². The van der Waals surface area contributed by atoms with Gasteiger partial charge < -0.3 is 20.5 Å². The number of carbonyl (C=O) groups is 1. The van der Waals surface area contributed by atoms with Crippen LogP contribution in [0.25, 0.3) is 0 Å². The van der Waals surface area contributed by atoms with Gasteiger partial charge in [-0.1, -0.05) is 19.3 Å². The molecule has 0 spiro atoms. The molecular weight excluding hydrogens is 292 g/mol. The number of nitrogens with one attached hydrogen (secondary N) is 1. The molecule has 6 heteroatoms. The summed E-state index contributed by atoms with van der Waals surface area (Å²) in [6.45, 7) is 2.96. The second-order valence-corrected chi connectivity index (χ2v) is 6.01. The third-order valence-corrected chi connectivity index (χ3v) is 4.33. The highest BCUT2D eigenvalue weighted by Gasteiger charge is 2.34. The van der Waals surface area contributed by atoms with Crippen LogP contribution in [0.3, 0.4) is 0 Å². The zero-order chi connectivity index (χ0) is 14.3. The number of ether oxygens (including phenoxy) is 2. The minimum Gasteiger partial charge on any atom is -0.381 e. The Kier molecular flexibility index (Phi) is 8.56. The van der Waals surface area contributed by atoms with E-state index in [0.29, 0.717) is 19.3 Å². The Morgan fingerprint density at radius 3 is 2.57 bits per heavy atom. The predicted octanol–water partition coefficient (Wildman–Crippen LogP) is 1.77. The van der Waals surface area contributed by atoms with Crippen molar-refractivity contribution < 1.29 is 14.3 Å². The quantitative estimate of drug-likeness (QED) is 0.732. The molecule has 1 aliphatic carbocycles. The molecule has 2 rings (SSSR count). The lowest BCUT2D eigenvalue weighted by Crippen LogP contribution is -2.55. The van der Waals surface area contributed by atoms with Crippen LogP contribution in [-0.4, -0.2) is 43.9 Å². The molecule has 0 unspecified atom stereocenters. The molecule has 0 bridgehead atoms. The lowest BCUT2D eigenvalue weighted by molar-refractivity contribution is -0.127. The number of halogens is 1. The van der Waals surface area contributed by atoms with Crippen molar-refractivity contribution >= 4 is 18.3 Å². The summed E-state index contributed by atoms with van der Waals surface area (Å²) in [4.78, 5) is 12.1. The Hall–Kier alpha value is -0.360. The third-order valence-electron chi connectivity index (χ3n) is 4.33. The van der Waals surface area contributed by atoms with Gasteiger partial charge in [-0.15, -0.1) is 12.4 Å². The molecule has 1 amide bonds. The van der Waals surface area contributed by atoms with Crippen LogP contribution in [0.4, 0.5) is 0 Å². The highest BCUT2D eigenvalue weighted by Crippen LogP contribution is 2.25. The van der Waals surface area contributed by atoms with Gasteiger partial charge in [0.25, 0.3) is 0 Å². The van der Waals surface area contributed by atoms with Gasteiger partial charge in [0.05, 0.1) is 11.6 Å². The lowest BCUT2D eigenvalue weighted by atomic mass is 9.82. The summed E-state index contributed by atoms with van der Waals surface area (Å²) >= 11 is 0. The second-order valence-electron chi connectivity index (χ2n) is 6.01. The molecule has 0 aromatic carbocycles. The highest BCUT2D eigenvalue weighted by molar-refractivity contribution is 5.86. The molecule has 1 saturated carbocycles. The van der Waals surface area contributed by atoms with Crippen molar-refractivity contribution in [3.63, 3.8) is 0 Å². The van der Waals surface area contributed by atoms with Gasteiger partial charge >= 0.3 is 0 Å². The minimum atomic E-state index is -0.625. The summed E-state index contributed by atoms with van der Waals surface area (Å²) < 4.78 is 11.1. The van der Waals surface area contributed by atoms with E-state index in [4.69, 9.17) is 15.2 Å². The molecule has 0 aromatic heterocycles. The second kappa shape index (κ2) is 9.62. The van der Waals surface area contributed by atoms with Crippen molar-refractivity contribution in [2.45, 2.75) is 63.0 Å². The summed E-state index contributed by atoms with van der Waals surface area (Å²) in [6.07, 6.45) is 8.11. The molecule has 5 nitrogen and oxygen atoms in total. The average Bonchev–Trinajstić information content (AvgIpc) is 2.48. The van der Waals surface area contributed by atoms with Gasteiger partial charge in [-0.2, -0.15) is 0 Å². The first-order valence-corrected chi connectivity index (χ1v) is 7.97. The normalized spacial score (nSPS) is 22.3. The van der Waals surface area contributed by atoms with E-state index in [1.165, 1.54) is 6.42 Å². The molecule has 1 saturated heterocycles. The van der Waals surface area contributed by atoms with E-state index in [0.717, 1.165) is 58.2 Å².